The lowest BCUT2D eigenvalue weighted by atomic mass is 10.1. The van der Waals surface area contributed by atoms with Crippen molar-refractivity contribution in [3.8, 4) is 17.0 Å². The molecule has 1 aromatic carbocycles. The van der Waals surface area contributed by atoms with Crippen molar-refractivity contribution in [1.29, 1.82) is 0 Å². The lowest BCUT2D eigenvalue weighted by Crippen LogP contribution is -2.06. The molecule has 0 unspecified atom stereocenters. The van der Waals surface area contributed by atoms with E-state index in [9.17, 15) is 0 Å². The van der Waals surface area contributed by atoms with E-state index in [0.717, 1.165) is 28.5 Å². The molecule has 0 aliphatic rings. The maximum absolute atomic E-state index is 5.69. The summed E-state index contributed by atoms with van der Waals surface area (Å²) in [5, 5.41) is 0. The molecular formula is C15H21N3O. The number of ether oxygens (including phenoxy) is 1. The molecule has 2 rings (SSSR count). The predicted molar refractivity (Wildman–Crippen MR) is 77.0 cm³/mol. The van der Waals surface area contributed by atoms with Gasteiger partial charge in [-0.2, -0.15) is 0 Å². The van der Waals surface area contributed by atoms with Crippen LogP contribution in [0.1, 0.15) is 25.4 Å². The highest BCUT2D eigenvalue weighted by Gasteiger charge is 2.12. The number of hydrogen-bond acceptors (Lipinski definition) is 3. The molecule has 0 aliphatic carbocycles. The van der Waals surface area contributed by atoms with E-state index in [0.29, 0.717) is 6.54 Å². The zero-order valence-corrected chi connectivity index (χ0v) is 12.0. The van der Waals surface area contributed by atoms with Gasteiger partial charge in [-0.25, -0.2) is 4.98 Å². The fraction of sp³-hybridized carbons (Fsp3) is 0.400. The number of rotatable bonds is 4. The Hall–Kier alpha value is -1.81. The third-order valence-corrected chi connectivity index (χ3v) is 3.04. The molecule has 4 nitrogen and oxygen atoms in total. The molecule has 0 spiro atoms. The quantitative estimate of drug-likeness (QED) is 0.918. The minimum atomic E-state index is 0.188. The van der Waals surface area contributed by atoms with Crippen LogP contribution in [0.2, 0.25) is 0 Å². The van der Waals surface area contributed by atoms with Crippen LogP contribution in [0.4, 0.5) is 0 Å². The van der Waals surface area contributed by atoms with Gasteiger partial charge < -0.3 is 15.0 Å². The van der Waals surface area contributed by atoms with Gasteiger partial charge in [0.2, 0.25) is 0 Å². The largest absolute Gasteiger partial charge is 0.491 e. The highest BCUT2D eigenvalue weighted by Crippen LogP contribution is 2.26. The van der Waals surface area contributed by atoms with Crippen LogP contribution in [0.5, 0.6) is 5.75 Å². The van der Waals surface area contributed by atoms with Gasteiger partial charge >= 0.3 is 0 Å². The van der Waals surface area contributed by atoms with E-state index in [1.54, 1.807) is 0 Å². The second-order valence-electron chi connectivity index (χ2n) is 4.92. The average Bonchev–Trinajstić information content (AvgIpc) is 2.65. The van der Waals surface area contributed by atoms with Crippen molar-refractivity contribution in [2.24, 2.45) is 12.8 Å². The monoisotopic (exact) mass is 259 g/mol. The smallest absolute Gasteiger partial charge is 0.122 e. The van der Waals surface area contributed by atoms with Crippen LogP contribution < -0.4 is 10.5 Å². The van der Waals surface area contributed by atoms with Crippen LogP contribution >= 0.6 is 0 Å². The van der Waals surface area contributed by atoms with Gasteiger partial charge in [0.05, 0.1) is 24.0 Å². The molecule has 102 valence electrons. The fourth-order valence-corrected chi connectivity index (χ4v) is 2.24. The number of nitrogens with zero attached hydrogens (tertiary/aromatic N) is 2. The van der Waals surface area contributed by atoms with Crippen LogP contribution in [-0.2, 0) is 13.6 Å². The Morgan fingerprint density at radius 1 is 1.26 bits per heavy atom. The Morgan fingerprint density at radius 3 is 2.37 bits per heavy atom. The van der Waals surface area contributed by atoms with E-state index < -0.39 is 0 Å². The number of nitrogens with two attached hydrogens (primary N) is 1. The first-order chi connectivity index (χ1) is 9.02. The van der Waals surface area contributed by atoms with Gasteiger partial charge in [0.15, 0.2) is 0 Å². The number of benzene rings is 1. The molecule has 4 heteroatoms. The summed E-state index contributed by atoms with van der Waals surface area (Å²) in [4.78, 5) is 4.48. The zero-order valence-electron chi connectivity index (χ0n) is 12.0. The number of imidazole rings is 1. The van der Waals surface area contributed by atoms with E-state index in [2.05, 4.69) is 17.1 Å². The van der Waals surface area contributed by atoms with Gasteiger partial charge in [0.25, 0.3) is 0 Å². The molecule has 0 aliphatic heterocycles. The van der Waals surface area contributed by atoms with Crippen LogP contribution in [0.3, 0.4) is 0 Å². The summed E-state index contributed by atoms with van der Waals surface area (Å²) in [5.74, 6) is 1.78. The summed E-state index contributed by atoms with van der Waals surface area (Å²) in [6.45, 7) is 6.50. The average molecular weight is 259 g/mol. The molecule has 0 bridgehead atoms. The first-order valence-electron chi connectivity index (χ1n) is 6.52. The van der Waals surface area contributed by atoms with E-state index in [1.807, 2.05) is 44.5 Å². The van der Waals surface area contributed by atoms with Crippen molar-refractivity contribution in [2.45, 2.75) is 33.4 Å². The molecule has 0 radical (unpaired) electrons. The van der Waals surface area contributed by atoms with Crippen LogP contribution in [0.15, 0.2) is 24.3 Å². The Kier molecular flexibility index (Phi) is 3.90. The third kappa shape index (κ3) is 2.79. The second-order valence-corrected chi connectivity index (χ2v) is 4.92. The van der Waals surface area contributed by atoms with Gasteiger partial charge in [-0.3, -0.25) is 0 Å². The molecule has 1 heterocycles. The van der Waals surface area contributed by atoms with Crippen molar-refractivity contribution >= 4 is 0 Å². The van der Waals surface area contributed by atoms with E-state index in [1.165, 1.54) is 0 Å². The molecule has 0 saturated heterocycles. The fourth-order valence-electron chi connectivity index (χ4n) is 2.24. The van der Waals surface area contributed by atoms with Crippen molar-refractivity contribution in [3.63, 3.8) is 0 Å². The summed E-state index contributed by atoms with van der Waals surface area (Å²) in [5.41, 5.74) is 8.92. The van der Waals surface area contributed by atoms with E-state index in [4.69, 9.17) is 10.5 Å². The molecular weight excluding hydrogens is 238 g/mol. The first-order valence-corrected chi connectivity index (χ1v) is 6.52. The maximum Gasteiger partial charge on any atom is 0.122 e. The first kappa shape index (κ1) is 13.6. The molecule has 1 aromatic heterocycles. The summed E-state index contributed by atoms with van der Waals surface area (Å²) < 4.78 is 7.70. The highest BCUT2D eigenvalue weighted by atomic mass is 16.5. The highest BCUT2D eigenvalue weighted by molar-refractivity contribution is 5.63. The van der Waals surface area contributed by atoms with E-state index >= 15 is 0 Å². The predicted octanol–water partition coefficient (Wildman–Crippen LogP) is 2.64. The van der Waals surface area contributed by atoms with Crippen molar-refractivity contribution in [1.82, 2.24) is 9.55 Å². The topological polar surface area (TPSA) is 53.1 Å². The lowest BCUT2D eigenvalue weighted by Gasteiger charge is -2.11. The number of aryl methyl sites for hydroxylation is 1. The van der Waals surface area contributed by atoms with Gasteiger partial charge in [0, 0.05) is 12.6 Å². The van der Waals surface area contributed by atoms with Crippen molar-refractivity contribution in [3.05, 3.63) is 35.8 Å². The molecule has 0 atom stereocenters. The maximum atomic E-state index is 5.69. The van der Waals surface area contributed by atoms with Crippen molar-refractivity contribution in [2.75, 3.05) is 0 Å². The Balaban J connectivity index is 2.34. The SMILES string of the molecule is Cc1nc(CN)n(C)c1-c1ccc(OC(C)C)cc1. The standard InChI is InChI=1S/C15H21N3O/c1-10(2)19-13-7-5-12(6-8-13)15-11(3)17-14(9-16)18(15)4/h5-8,10H,9,16H2,1-4H3. The normalized spacial score (nSPS) is 11.1. The van der Waals surface area contributed by atoms with Gasteiger partial charge in [0.1, 0.15) is 11.6 Å². The molecule has 0 saturated carbocycles. The number of hydrogen-bond donors (Lipinski definition) is 1. The molecule has 2 N–H and O–H groups in total. The van der Waals surface area contributed by atoms with E-state index in [-0.39, 0.29) is 6.10 Å². The Bertz CT molecular complexity index is 556. The zero-order chi connectivity index (χ0) is 14.0. The van der Waals surface area contributed by atoms with Gasteiger partial charge in [-0.1, -0.05) is 0 Å². The Labute approximate surface area is 114 Å². The van der Waals surface area contributed by atoms with Crippen LogP contribution in [-0.4, -0.2) is 15.7 Å². The minimum Gasteiger partial charge on any atom is -0.491 e. The molecule has 19 heavy (non-hydrogen) atoms. The summed E-state index contributed by atoms with van der Waals surface area (Å²) in [6, 6.07) is 8.10. The van der Waals surface area contributed by atoms with Crippen molar-refractivity contribution < 1.29 is 4.74 Å². The minimum absolute atomic E-state index is 0.188. The number of aromatic nitrogens is 2. The third-order valence-electron chi connectivity index (χ3n) is 3.04. The van der Waals surface area contributed by atoms with Gasteiger partial charge in [-0.05, 0) is 45.0 Å². The summed E-state index contributed by atoms with van der Waals surface area (Å²) in [7, 11) is 2.00. The summed E-state index contributed by atoms with van der Waals surface area (Å²) in [6.07, 6.45) is 0.188. The van der Waals surface area contributed by atoms with Crippen LogP contribution in [0.25, 0.3) is 11.3 Å². The van der Waals surface area contributed by atoms with Gasteiger partial charge in [-0.15, -0.1) is 0 Å². The molecule has 0 amide bonds. The lowest BCUT2D eigenvalue weighted by molar-refractivity contribution is 0.242. The molecule has 2 aromatic rings. The molecule has 0 fully saturated rings. The second kappa shape index (κ2) is 5.45. The summed E-state index contributed by atoms with van der Waals surface area (Å²) >= 11 is 0. The van der Waals surface area contributed by atoms with Crippen LogP contribution in [0, 0.1) is 6.92 Å². The Morgan fingerprint density at radius 2 is 1.89 bits per heavy atom.